The first-order valence-corrected chi connectivity index (χ1v) is 11.0. The van der Waals surface area contributed by atoms with Crippen molar-refractivity contribution in [3.63, 3.8) is 0 Å². The Hall–Kier alpha value is -4.32. The van der Waals surface area contributed by atoms with Crippen molar-refractivity contribution in [2.24, 2.45) is 0 Å². The smallest absolute Gasteiger partial charge is 0.261 e. The van der Waals surface area contributed by atoms with Crippen LogP contribution in [-0.2, 0) is 0 Å². The third kappa shape index (κ3) is 3.83. The summed E-state index contributed by atoms with van der Waals surface area (Å²) in [6, 6.07) is 25.4. The van der Waals surface area contributed by atoms with Crippen LogP contribution in [0, 0.1) is 5.82 Å². The van der Waals surface area contributed by atoms with E-state index in [0.29, 0.717) is 34.2 Å². The van der Waals surface area contributed by atoms with E-state index in [0.717, 1.165) is 5.39 Å². The predicted octanol–water partition coefficient (Wildman–Crippen LogP) is 5.31. The van der Waals surface area contributed by atoms with E-state index < -0.39 is 5.82 Å². The number of nitrogens with zero attached hydrogens (tertiary/aromatic N) is 2. The maximum Gasteiger partial charge on any atom is 0.261 e. The third-order valence-corrected chi connectivity index (χ3v) is 6.01. The second-order valence-corrected chi connectivity index (χ2v) is 8.13. The van der Waals surface area contributed by atoms with Gasteiger partial charge in [-0.3, -0.25) is 19.3 Å². The van der Waals surface area contributed by atoms with Crippen LogP contribution in [0.2, 0.25) is 0 Å². The van der Waals surface area contributed by atoms with Crippen molar-refractivity contribution in [2.75, 3.05) is 18.0 Å². The van der Waals surface area contributed by atoms with Gasteiger partial charge in [0.05, 0.1) is 0 Å². The molecule has 0 saturated heterocycles. The molecule has 0 aromatic heterocycles. The van der Waals surface area contributed by atoms with Crippen molar-refractivity contribution in [1.82, 2.24) is 4.90 Å². The molecule has 168 valence electrons. The summed E-state index contributed by atoms with van der Waals surface area (Å²) in [6.45, 7) is 0.344. The lowest BCUT2D eigenvalue weighted by Crippen LogP contribution is -2.42. The third-order valence-electron chi connectivity index (χ3n) is 6.01. The van der Waals surface area contributed by atoms with Crippen LogP contribution in [0.25, 0.3) is 10.8 Å². The van der Waals surface area contributed by atoms with Gasteiger partial charge in [-0.1, -0.05) is 48.5 Å². The summed E-state index contributed by atoms with van der Waals surface area (Å²) in [5.41, 5.74) is 1.88. The van der Waals surface area contributed by atoms with E-state index in [-0.39, 0.29) is 30.8 Å². The first kappa shape index (κ1) is 21.5. The largest absolute Gasteiger partial charge is 0.308 e. The molecule has 5 nitrogen and oxygen atoms in total. The van der Waals surface area contributed by atoms with Crippen LogP contribution in [0.3, 0.4) is 0 Å². The van der Waals surface area contributed by atoms with Crippen LogP contribution in [-0.4, -0.2) is 35.7 Å². The molecule has 5 rings (SSSR count). The maximum atomic E-state index is 13.9. The molecule has 6 heteroatoms. The number of anilines is 1. The summed E-state index contributed by atoms with van der Waals surface area (Å²) >= 11 is 0. The number of benzene rings is 4. The van der Waals surface area contributed by atoms with Gasteiger partial charge in [0.15, 0.2) is 0 Å². The number of rotatable bonds is 6. The highest BCUT2D eigenvalue weighted by Crippen LogP contribution is 2.30. The summed E-state index contributed by atoms with van der Waals surface area (Å²) in [4.78, 5) is 42.2. The van der Waals surface area contributed by atoms with Crippen molar-refractivity contribution < 1.29 is 18.8 Å². The van der Waals surface area contributed by atoms with Crippen molar-refractivity contribution in [1.29, 1.82) is 0 Å². The van der Waals surface area contributed by atoms with Gasteiger partial charge in [0.2, 0.25) is 0 Å². The van der Waals surface area contributed by atoms with Crippen molar-refractivity contribution in [2.45, 2.75) is 6.42 Å². The maximum absolute atomic E-state index is 13.9. The fourth-order valence-corrected chi connectivity index (χ4v) is 4.40. The second-order valence-electron chi connectivity index (χ2n) is 8.13. The number of amides is 3. The van der Waals surface area contributed by atoms with Crippen LogP contribution in [0.15, 0.2) is 91.0 Å². The van der Waals surface area contributed by atoms with Crippen LogP contribution in [0.1, 0.15) is 37.5 Å². The highest BCUT2D eigenvalue weighted by atomic mass is 19.1. The van der Waals surface area contributed by atoms with Gasteiger partial charge < -0.3 is 4.90 Å². The van der Waals surface area contributed by atoms with E-state index in [2.05, 4.69) is 0 Å². The first-order chi connectivity index (χ1) is 16.5. The van der Waals surface area contributed by atoms with Crippen molar-refractivity contribution >= 4 is 34.2 Å². The Balaban J connectivity index is 1.39. The van der Waals surface area contributed by atoms with Crippen molar-refractivity contribution in [3.8, 4) is 0 Å². The minimum absolute atomic E-state index is 0.135. The zero-order chi connectivity index (χ0) is 23.7. The molecule has 34 heavy (non-hydrogen) atoms. The fourth-order valence-electron chi connectivity index (χ4n) is 4.40. The van der Waals surface area contributed by atoms with Gasteiger partial charge in [0.1, 0.15) is 5.82 Å². The summed E-state index contributed by atoms with van der Waals surface area (Å²) < 4.78 is 13.9. The molecule has 4 aromatic carbocycles. The van der Waals surface area contributed by atoms with Gasteiger partial charge in [0, 0.05) is 40.9 Å². The molecule has 0 radical (unpaired) electrons. The van der Waals surface area contributed by atoms with E-state index in [1.54, 1.807) is 60.7 Å². The Labute approximate surface area is 196 Å². The molecule has 0 aliphatic carbocycles. The summed E-state index contributed by atoms with van der Waals surface area (Å²) in [6.07, 6.45) is 0.338. The summed E-state index contributed by atoms with van der Waals surface area (Å²) in [5.74, 6) is -1.42. The number of hydrogen-bond acceptors (Lipinski definition) is 3. The fraction of sp³-hybridized carbons (Fsp3) is 0.107. The average Bonchev–Trinajstić information content (AvgIpc) is 2.87. The van der Waals surface area contributed by atoms with Crippen LogP contribution >= 0.6 is 0 Å². The lowest BCUT2D eigenvalue weighted by atomic mass is 9.94. The molecule has 0 saturated carbocycles. The molecule has 0 bridgehead atoms. The predicted molar refractivity (Wildman–Crippen MR) is 128 cm³/mol. The Morgan fingerprint density at radius 1 is 0.794 bits per heavy atom. The van der Waals surface area contributed by atoms with Gasteiger partial charge in [-0.15, -0.1) is 0 Å². The highest BCUT2D eigenvalue weighted by molar-refractivity contribution is 6.25. The number of halogens is 1. The van der Waals surface area contributed by atoms with Gasteiger partial charge in [-0.2, -0.15) is 0 Å². The Bertz CT molecular complexity index is 1370. The summed E-state index contributed by atoms with van der Waals surface area (Å²) in [7, 11) is 0. The molecule has 0 spiro atoms. The summed E-state index contributed by atoms with van der Waals surface area (Å²) in [5, 5.41) is 1.53. The Morgan fingerprint density at radius 3 is 2.09 bits per heavy atom. The highest BCUT2D eigenvalue weighted by Gasteiger charge is 2.32. The van der Waals surface area contributed by atoms with Crippen LogP contribution < -0.4 is 4.90 Å². The van der Waals surface area contributed by atoms with E-state index in [9.17, 15) is 18.8 Å². The number of imide groups is 1. The SMILES string of the molecule is O=C1c2cccc3cccc(c23)C(=O)N1CCCN(C(=O)c1ccccc1)c1cccc(F)c1. The van der Waals surface area contributed by atoms with E-state index in [4.69, 9.17) is 0 Å². The minimum atomic E-state index is -0.450. The van der Waals surface area contributed by atoms with Crippen LogP contribution in [0.5, 0.6) is 0 Å². The molecule has 0 atom stereocenters. The van der Waals surface area contributed by atoms with E-state index in [1.165, 1.54) is 21.9 Å². The zero-order valence-corrected chi connectivity index (χ0v) is 18.3. The number of carbonyl (C=O) groups excluding carboxylic acids is 3. The molecule has 4 aromatic rings. The molecule has 1 aliphatic rings. The lowest BCUT2D eigenvalue weighted by molar-refractivity contribution is 0.0610. The van der Waals surface area contributed by atoms with Gasteiger partial charge in [-0.25, -0.2) is 4.39 Å². The van der Waals surface area contributed by atoms with Crippen molar-refractivity contribution in [3.05, 3.63) is 114 Å². The monoisotopic (exact) mass is 452 g/mol. The van der Waals surface area contributed by atoms with E-state index >= 15 is 0 Å². The topological polar surface area (TPSA) is 57.7 Å². The zero-order valence-electron chi connectivity index (χ0n) is 18.3. The molecule has 1 aliphatic heterocycles. The molecular formula is C28H21FN2O3. The standard InChI is InChI=1S/C28H21FN2O3/c29-21-12-6-13-22(18-21)30(26(32)20-8-2-1-3-9-20)16-7-17-31-27(33)23-14-4-10-19-11-5-15-24(25(19)23)28(31)34/h1-6,8-15,18H,7,16-17H2. The average molecular weight is 452 g/mol. The molecule has 0 N–H and O–H groups in total. The lowest BCUT2D eigenvalue weighted by Gasteiger charge is -2.29. The second kappa shape index (κ2) is 8.90. The quantitative estimate of drug-likeness (QED) is 0.373. The molecule has 0 fully saturated rings. The Morgan fingerprint density at radius 2 is 1.44 bits per heavy atom. The molecular weight excluding hydrogens is 431 g/mol. The van der Waals surface area contributed by atoms with Gasteiger partial charge >= 0.3 is 0 Å². The molecule has 0 unspecified atom stereocenters. The normalized spacial score (nSPS) is 12.8. The Kier molecular flexibility index (Phi) is 5.64. The van der Waals surface area contributed by atoms with Gasteiger partial charge in [0.25, 0.3) is 17.7 Å². The number of carbonyl (C=O) groups is 3. The van der Waals surface area contributed by atoms with E-state index in [1.807, 2.05) is 18.2 Å². The first-order valence-electron chi connectivity index (χ1n) is 11.0. The molecule has 1 heterocycles. The molecule has 3 amide bonds. The number of hydrogen-bond donors (Lipinski definition) is 0. The minimum Gasteiger partial charge on any atom is -0.308 e. The van der Waals surface area contributed by atoms with Crippen LogP contribution in [0.4, 0.5) is 10.1 Å². The van der Waals surface area contributed by atoms with Gasteiger partial charge in [-0.05, 0) is 54.3 Å².